The summed E-state index contributed by atoms with van der Waals surface area (Å²) < 4.78 is 15.6. The van der Waals surface area contributed by atoms with E-state index in [1.54, 1.807) is 69.5 Å². The van der Waals surface area contributed by atoms with Crippen LogP contribution in [0.1, 0.15) is 24.2 Å². The lowest BCUT2D eigenvalue weighted by Gasteiger charge is -2.15. The molecule has 0 saturated carbocycles. The Morgan fingerprint density at radius 1 is 1.08 bits per heavy atom. The van der Waals surface area contributed by atoms with E-state index < -0.39 is 12.1 Å². The van der Waals surface area contributed by atoms with Crippen molar-refractivity contribution in [2.24, 2.45) is 0 Å². The third-order valence-corrected chi connectivity index (χ3v) is 3.38. The first-order valence-corrected chi connectivity index (χ1v) is 7.92. The molecule has 0 bridgehead atoms. The summed E-state index contributed by atoms with van der Waals surface area (Å²) in [5, 5.41) is 2.73. The van der Waals surface area contributed by atoms with Crippen LogP contribution in [-0.2, 0) is 9.53 Å². The molecule has 1 atom stereocenters. The first-order valence-electron chi connectivity index (χ1n) is 7.92. The first-order chi connectivity index (χ1) is 12.0. The van der Waals surface area contributed by atoms with Gasteiger partial charge in [0, 0.05) is 5.69 Å². The Balaban J connectivity index is 1.98. The Labute approximate surface area is 146 Å². The van der Waals surface area contributed by atoms with Crippen LogP contribution >= 0.6 is 0 Å². The van der Waals surface area contributed by atoms with Crippen LogP contribution in [0.25, 0.3) is 0 Å². The summed E-state index contributed by atoms with van der Waals surface area (Å²) in [5.74, 6) is 0.516. The number of amides is 1. The van der Waals surface area contributed by atoms with Crippen LogP contribution in [0, 0.1) is 0 Å². The molecule has 1 N–H and O–H groups in total. The summed E-state index contributed by atoms with van der Waals surface area (Å²) in [5.41, 5.74) is 0.879. The molecule has 0 aliphatic carbocycles. The Morgan fingerprint density at radius 3 is 2.40 bits per heavy atom. The van der Waals surface area contributed by atoms with E-state index in [1.807, 2.05) is 0 Å². The van der Waals surface area contributed by atoms with Gasteiger partial charge >= 0.3 is 5.97 Å². The van der Waals surface area contributed by atoms with Gasteiger partial charge in [-0.05, 0) is 56.3 Å². The molecule has 6 nitrogen and oxygen atoms in total. The molecule has 2 aromatic carbocycles. The molecule has 0 saturated heterocycles. The van der Waals surface area contributed by atoms with E-state index in [9.17, 15) is 9.59 Å². The zero-order chi connectivity index (χ0) is 18.2. The monoisotopic (exact) mass is 343 g/mol. The number of benzene rings is 2. The predicted octanol–water partition coefficient (Wildman–Crippen LogP) is 3.28. The third-order valence-electron chi connectivity index (χ3n) is 3.38. The molecule has 0 aromatic heterocycles. The normalized spacial score (nSPS) is 11.3. The molecule has 2 rings (SSSR count). The van der Waals surface area contributed by atoms with Gasteiger partial charge in [0.2, 0.25) is 0 Å². The number of hydrogen-bond acceptors (Lipinski definition) is 5. The van der Waals surface area contributed by atoms with Crippen LogP contribution in [0.15, 0.2) is 48.5 Å². The maximum Gasteiger partial charge on any atom is 0.338 e. The van der Waals surface area contributed by atoms with Gasteiger partial charge in [-0.25, -0.2) is 4.79 Å². The largest absolute Gasteiger partial charge is 0.497 e. The fourth-order valence-electron chi connectivity index (χ4n) is 2.09. The van der Waals surface area contributed by atoms with Crippen molar-refractivity contribution in [1.82, 2.24) is 0 Å². The van der Waals surface area contributed by atoms with Gasteiger partial charge in [0.15, 0.2) is 6.10 Å². The Kier molecular flexibility index (Phi) is 6.39. The maximum absolute atomic E-state index is 12.3. The van der Waals surface area contributed by atoms with Crippen LogP contribution in [0.3, 0.4) is 0 Å². The van der Waals surface area contributed by atoms with Gasteiger partial charge in [0.25, 0.3) is 5.91 Å². The number of carbonyl (C=O) groups is 2. The predicted molar refractivity (Wildman–Crippen MR) is 94.1 cm³/mol. The average Bonchev–Trinajstić information content (AvgIpc) is 2.62. The van der Waals surface area contributed by atoms with Crippen molar-refractivity contribution < 1.29 is 23.8 Å². The number of rotatable bonds is 7. The summed E-state index contributed by atoms with van der Waals surface area (Å²) in [4.78, 5) is 24.0. The molecule has 25 heavy (non-hydrogen) atoms. The summed E-state index contributed by atoms with van der Waals surface area (Å²) in [6.45, 7) is 3.68. The van der Waals surface area contributed by atoms with E-state index in [0.29, 0.717) is 29.4 Å². The quantitative estimate of drug-likeness (QED) is 0.781. The number of esters is 1. The van der Waals surface area contributed by atoms with E-state index in [2.05, 4.69) is 5.32 Å². The number of carbonyl (C=O) groups excluding carboxylic acids is 2. The molecule has 0 radical (unpaired) electrons. The van der Waals surface area contributed by atoms with Gasteiger partial charge in [-0.15, -0.1) is 0 Å². The Morgan fingerprint density at radius 2 is 1.76 bits per heavy atom. The topological polar surface area (TPSA) is 73.9 Å². The van der Waals surface area contributed by atoms with Crippen molar-refractivity contribution in [1.29, 1.82) is 0 Å². The Hall–Kier alpha value is -3.02. The zero-order valence-electron chi connectivity index (χ0n) is 14.4. The van der Waals surface area contributed by atoms with Gasteiger partial charge in [0.05, 0.1) is 19.3 Å². The maximum atomic E-state index is 12.3. The minimum atomic E-state index is -0.709. The summed E-state index contributed by atoms with van der Waals surface area (Å²) in [6, 6.07) is 13.5. The smallest absolute Gasteiger partial charge is 0.338 e. The van der Waals surface area contributed by atoms with Gasteiger partial charge in [-0.2, -0.15) is 0 Å². The lowest BCUT2D eigenvalue weighted by molar-refractivity contribution is -0.122. The number of anilines is 1. The number of nitrogens with one attached hydrogen (secondary N) is 1. The highest BCUT2D eigenvalue weighted by atomic mass is 16.5. The van der Waals surface area contributed by atoms with Crippen molar-refractivity contribution in [3.05, 3.63) is 54.1 Å². The van der Waals surface area contributed by atoms with Crippen molar-refractivity contribution in [2.45, 2.75) is 20.0 Å². The third kappa shape index (κ3) is 5.24. The van der Waals surface area contributed by atoms with Crippen molar-refractivity contribution in [2.75, 3.05) is 19.0 Å². The molecular formula is C19H21NO5. The van der Waals surface area contributed by atoms with Crippen LogP contribution < -0.4 is 14.8 Å². The number of hydrogen-bond donors (Lipinski definition) is 1. The van der Waals surface area contributed by atoms with Crippen molar-refractivity contribution in [3.63, 3.8) is 0 Å². The fraction of sp³-hybridized carbons (Fsp3) is 0.263. The number of ether oxygens (including phenoxy) is 3. The van der Waals surface area contributed by atoms with E-state index in [-0.39, 0.29) is 5.91 Å². The van der Waals surface area contributed by atoms with Gasteiger partial charge in [-0.3, -0.25) is 4.79 Å². The second-order valence-corrected chi connectivity index (χ2v) is 5.23. The molecule has 0 aliphatic heterocycles. The van der Waals surface area contributed by atoms with Gasteiger partial charge in [0.1, 0.15) is 11.5 Å². The second kappa shape index (κ2) is 8.73. The minimum absolute atomic E-state index is 0.294. The molecule has 0 fully saturated rings. The highest BCUT2D eigenvalue weighted by Gasteiger charge is 2.16. The molecule has 0 aliphatic rings. The van der Waals surface area contributed by atoms with Crippen molar-refractivity contribution in [3.8, 4) is 11.5 Å². The van der Waals surface area contributed by atoms with Crippen LogP contribution in [0.5, 0.6) is 11.5 Å². The standard InChI is InChI=1S/C19H21NO5/c1-4-24-19(22)14-6-5-7-15(12-14)20-18(21)13(2)25-17-10-8-16(23-3)9-11-17/h5-13H,4H2,1-3H3,(H,20,21)/t13-/m0/s1. The van der Waals surface area contributed by atoms with Crippen LogP contribution in [-0.4, -0.2) is 31.7 Å². The lowest BCUT2D eigenvalue weighted by Crippen LogP contribution is -2.30. The number of methoxy groups -OCH3 is 1. The molecule has 6 heteroatoms. The van der Waals surface area contributed by atoms with Crippen molar-refractivity contribution >= 4 is 17.6 Å². The first kappa shape index (κ1) is 18.3. The SMILES string of the molecule is CCOC(=O)c1cccc(NC(=O)[C@H](C)Oc2ccc(OC)cc2)c1. The summed E-state index contributed by atoms with van der Waals surface area (Å²) >= 11 is 0. The van der Waals surface area contributed by atoms with E-state index in [0.717, 1.165) is 0 Å². The molecule has 0 spiro atoms. The molecule has 132 valence electrons. The summed E-state index contributed by atoms with van der Waals surface area (Å²) in [6.07, 6.45) is -0.709. The fourth-order valence-corrected chi connectivity index (χ4v) is 2.09. The zero-order valence-corrected chi connectivity index (χ0v) is 14.4. The second-order valence-electron chi connectivity index (χ2n) is 5.23. The minimum Gasteiger partial charge on any atom is -0.497 e. The van der Waals surface area contributed by atoms with Crippen LogP contribution in [0.2, 0.25) is 0 Å². The molecule has 2 aromatic rings. The molecule has 1 amide bonds. The van der Waals surface area contributed by atoms with Crippen LogP contribution in [0.4, 0.5) is 5.69 Å². The molecular weight excluding hydrogens is 322 g/mol. The van der Waals surface area contributed by atoms with Gasteiger partial charge in [-0.1, -0.05) is 6.07 Å². The molecule has 0 heterocycles. The Bertz CT molecular complexity index is 727. The molecule has 0 unspecified atom stereocenters. The highest BCUT2D eigenvalue weighted by Crippen LogP contribution is 2.19. The lowest BCUT2D eigenvalue weighted by atomic mass is 10.2. The average molecular weight is 343 g/mol. The van der Waals surface area contributed by atoms with E-state index in [4.69, 9.17) is 14.2 Å². The highest BCUT2D eigenvalue weighted by molar-refractivity contribution is 5.96. The van der Waals surface area contributed by atoms with E-state index in [1.165, 1.54) is 0 Å². The summed E-state index contributed by atoms with van der Waals surface area (Å²) in [7, 11) is 1.58. The van der Waals surface area contributed by atoms with Gasteiger partial charge < -0.3 is 19.5 Å². The van der Waals surface area contributed by atoms with E-state index >= 15 is 0 Å².